The van der Waals surface area contributed by atoms with Crippen molar-refractivity contribution >= 4 is 11.8 Å². The molecule has 158 valence electrons. The number of rotatable bonds is 4. The summed E-state index contributed by atoms with van der Waals surface area (Å²) >= 11 is 0. The van der Waals surface area contributed by atoms with Gasteiger partial charge in [0.1, 0.15) is 0 Å². The van der Waals surface area contributed by atoms with Crippen LogP contribution >= 0.6 is 0 Å². The number of amides is 2. The number of aromatic nitrogens is 2. The number of hydrogen-bond donors (Lipinski definition) is 0. The predicted octanol–water partition coefficient (Wildman–Crippen LogP) is 2.03. The third kappa shape index (κ3) is 3.74. The average Bonchev–Trinajstić information content (AvgIpc) is 3.12. The molecule has 7 nitrogen and oxygen atoms in total. The third-order valence-corrected chi connectivity index (χ3v) is 6.87. The van der Waals surface area contributed by atoms with Gasteiger partial charge in [-0.05, 0) is 43.5 Å². The minimum absolute atomic E-state index is 0.00301. The lowest BCUT2D eigenvalue weighted by atomic mass is 9.91. The molecule has 3 aliphatic rings. The Morgan fingerprint density at radius 2 is 1.70 bits per heavy atom. The third-order valence-electron chi connectivity index (χ3n) is 6.87. The first-order chi connectivity index (χ1) is 14.7. The van der Waals surface area contributed by atoms with Gasteiger partial charge in [0, 0.05) is 69.0 Å². The normalized spacial score (nSPS) is 21.1. The minimum atomic E-state index is -0.0468. The van der Waals surface area contributed by atoms with E-state index in [1.165, 1.54) is 19.3 Å². The van der Waals surface area contributed by atoms with Crippen LogP contribution < -0.4 is 0 Å². The van der Waals surface area contributed by atoms with Gasteiger partial charge in [0.15, 0.2) is 0 Å². The topological polar surface area (TPSA) is 61.7 Å². The molecule has 7 heteroatoms. The van der Waals surface area contributed by atoms with Crippen molar-refractivity contribution in [1.82, 2.24) is 24.3 Å². The van der Waals surface area contributed by atoms with E-state index in [2.05, 4.69) is 9.88 Å². The first-order valence-corrected chi connectivity index (χ1v) is 11.1. The van der Waals surface area contributed by atoms with Gasteiger partial charge in [0.2, 0.25) is 5.91 Å². The maximum Gasteiger partial charge on any atom is 0.253 e. The highest BCUT2D eigenvalue weighted by Gasteiger charge is 2.39. The van der Waals surface area contributed by atoms with Crippen LogP contribution in [0.4, 0.5) is 0 Å². The van der Waals surface area contributed by atoms with Crippen LogP contribution in [-0.2, 0) is 4.79 Å². The van der Waals surface area contributed by atoms with Crippen molar-refractivity contribution in [3.05, 3.63) is 48.5 Å². The van der Waals surface area contributed by atoms with Gasteiger partial charge in [-0.25, -0.2) is 4.98 Å². The molecule has 0 N–H and O–H groups in total. The summed E-state index contributed by atoms with van der Waals surface area (Å²) in [6.07, 6.45) is 10.4. The van der Waals surface area contributed by atoms with Crippen molar-refractivity contribution in [2.75, 3.05) is 39.3 Å². The molecule has 1 aromatic heterocycles. The molecule has 0 bridgehead atoms. The quantitative estimate of drug-likeness (QED) is 0.778. The van der Waals surface area contributed by atoms with Crippen molar-refractivity contribution in [3.63, 3.8) is 0 Å². The number of benzene rings is 1. The first kappa shape index (κ1) is 19.3. The van der Waals surface area contributed by atoms with Gasteiger partial charge in [-0.3, -0.25) is 14.5 Å². The van der Waals surface area contributed by atoms with Crippen LogP contribution in [-0.4, -0.2) is 81.4 Å². The van der Waals surface area contributed by atoms with Crippen LogP contribution in [0.2, 0.25) is 0 Å². The van der Waals surface area contributed by atoms with Crippen LogP contribution in [0.15, 0.2) is 43.0 Å². The Hall–Kier alpha value is -2.67. The van der Waals surface area contributed by atoms with Gasteiger partial charge in [-0.2, -0.15) is 0 Å². The SMILES string of the molecule is O=C(c1ccc(-n2ccnc2)cc1)N1CC(C(=O)N2CCCN(C3CCC3)CC2)C1. The zero-order chi connectivity index (χ0) is 20.5. The van der Waals surface area contributed by atoms with Gasteiger partial charge in [-0.1, -0.05) is 6.42 Å². The lowest BCUT2D eigenvalue weighted by molar-refractivity contribution is -0.139. The molecule has 2 saturated heterocycles. The molecule has 30 heavy (non-hydrogen) atoms. The van der Waals surface area contributed by atoms with E-state index < -0.39 is 0 Å². The molecule has 1 saturated carbocycles. The van der Waals surface area contributed by atoms with Gasteiger partial charge in [0.25, 0.3) is 5.91 Å². The van der Waals surface area contributed by atoms with E-state index in [9.17, 15) is 9.59 Å². The molecule has 1 aliphatic carbocycles. The van der Waals surface area contributed by atoms with E-state index in [4.69, 9.17) is 0 Å². The van der Waals surface area contributed by atoms with Crippen LogP contribution in [0, 0.1) is 5.92 Å². The monoisotopic (exact) mass is 407 g/mol. The zero-order valence-electron chi connectivity index (χ0n) is 17.3. The van der Waals surface area contributed by atoms with Crippen molar-refractivity contribution in [2.24, 2.45) is 5.92 Å². The molecule has 1 aromatic carbocycles. The largest absolute Gasteiger partial charge is 0.341 e. The average molecular weight is 408 g/mol. The number of carbonyl (C=O) groups is 2. The highest BCUT2D eigenvalue weighted by molar-refractivity contribution is 5.96. The Morgan fingerprint density at radius 3 is 2.37 bits per heavy atom. The molecular weight excluding hydrogens is 378 g/mol. The van der Waals surface area contributed by atoms with Gasteiger partial charge in [-0.15, -0.1) is 0 Å². The second-order valence-corrected chi connectivity index (χ2v) is 8.72. The van der Waals surface area contributed by atoms with Crippen molar-refractivity contribution in [3.8, 4) is 5.69 Å². The Bertz CT molecular complexity index is 885. The van der Waals surface area contributed by atoms with E-state index in [0.717, 1.165) is 44.3 Å². The number of hydrogen-bond acceptors (Lipinski definition) is 4. The molecule has 2 aliphatic heterocycles. The zero-order valence-corrected chi connectivity index (χ0v) is 17.3. The molecule has 5 rings (SSSR count). The Kier molecular flexibility index (Phi) is 5.29. The van der Waals surface area contributed by atoms with Crippen LogP contribution in [0.5, 0.6) is 0 Å². The summed E-state index contributed by atoms with van der Waals surface area (Å²) < 4.78 is 1.90. The highest BCUT2D eigenvalue weighted by atomic mass is 16.2. The number of carbonyl (C=O) groups excluding carboxylic acids is 2. The summed E-state index contributed by atoms with van der Waals surface area (Å²) in [4.78, 5) is 36.1. The standard InChI is InChI=1S/C23H29N5O2/c29-22(18-5-7-21(8-6-18)27-12-9-24-17-27)28-15-19(16-28)23(30)26-11-2-10-25(13-14-26)20-3-1-4-20/h5-9,12,17,19-20H,1-4,10-11,13-16H2. The molecule has 0 unspecified atom stereocenters. The fraction of sp³-hybridized carbons (Fsp3) is 0.522. The fourth-order valence-corrected chi connectivity index (χ4v) is 4.70. The molecule has 0 radical (unpaired) electrons. The molecule has 0 spiro atoms. The smallest absolute Gasteiger partial charge is 0.253 e. The van der Waals surface area contributed by atoms with E-state index in [1.54, 1.807) is 17.4 Å². The van der Waals surface area contributed by atoms with Gasteiger partial charge in [0.05, 0.1) is 12.2 Å². The van der Waals surface area contributed by atoms with Gasteiger partial charge >= 0.3 is 0 Å². The summed E-state index contributed by atoms with van der Waals surface area (Å²) in [5.74, 6) is 0.183. The maximum atomic E-state index is 12.9. The summed E-state index contributed by atoms with van der Waals surface area (Å²) in [6.45, 7) is 4.85. The molecular formula is C23H29N5O2. The van der Waals surface area contributed by atoms with E-state index in [-0.39, 0.29) is 17.7 Å². The van der Waals surface area contributed by atoms with Crippen molar-refractivity contribution in [1.29, 1.82) is 0 Å². The second-order valence-electron chi connectivity index (χ2n) is 8.72. The van der Waals surface area contributed by atoms with Crippen molar-refractivity contribution in [2.45, 2.75) is 31.7 Å². The molecule has 3 fully saturated rings. The first-order valence-electron chi connectivity index (χ1n) is 11.1. The number of likely N-dealkylation sites (tertiary alicyclic amines) is 1. The number of imidazole rings is 1. The van der Waals surface area contributed by atoms with Crippen LogP contribution in [0.3, 0.4) is 0 Å². The molecule has 0 atom stereocenters. The second kappa shape index (κ2) is 8.22. The highest BCUT2D eigenvalue weighted by Crippen LogP contribution is 2.27. The van der Waals surface area contributed by atoms with Gasteiger partial charge < -0.3 is 14.4 Å². The van der Waals surface area contributed by atoms with E-state index in [1.807, 2.05) is 39.9 Å². The van der Waals surface area contributed by atoms with E-state index >= 15 is 0 Å². The van der Waals surface area contributed by atoms with Crippen LogP contribution in [0.25, 0.3) is 5.69 Å². The molecule has 3 heterocycles. The summed E-state index contributed by atoms with van der Waals surface area (Å²) in [6, 6.07) is 8.27. The Balaban J connectivity index is 1.13. The van der Waals surface area contributed by atoms with Crippen molar-refractivity contribution < 1.29 is 9.59 Å². The lowest BCUT2D eigenvalue weighted by Crippen LogP contribution is -2.56. The van der Waals surface area contributed by atoms with Crippen LogP contribution in [0.1, 0.15) is 36.0 Å². The summed E-state index contributed by atoms with van der Waals surface area (Å²) in [5, 5.41) is 0. The predicted molar refractivity (Wildman–Crippen MR) is 113 cm³/mol. The number of nitrogens with zero attached hydrogens (tertiary/aromatic N) is 5. The molecule has 2 aromatic rings. The summed E-state index contributed by atoms with van der Waals surface area (Å²) in [5.41, 5.74) is 1.63. The minimum Gasteiger partial charge on any atom is -0.341 e. The Labute approximate surface area is 177 Å². The Morgan fingerprint density at radius 1 is 0.900 bits per heavy atom. The van der Waals surface area contributed by atoms with E-state index in [0.29, 0.717) is 18.7 Å². The maximum absolute atomic E-state index is 12.9. The summed E-state index contributed by atoms with van der Waals surface area (Å²) in [7, 11) is 0. The molecule has 2 amide bonds. The fourth-order valence-electron chi connectivity index (χ4n) is 4.70. The lowest BCUT2D eigenvalue weighted by Gasteiger charge is -2.40.